The van der Waals surface area contributed by atoms with E-state index in [2.05, 4.69) is 10.3 Å². The van der Waals surface area contributed by atoms with E-state index in [1.54, 1.807) is 31.5 Å². The SMILES string of the molecule is CCS(=O)(=O)N(Cc1cccnc1)c1cccc(-c2ccc(NC(C)=O)cc2)c1. The lowest BCUT2D eigenvalue weighted by molar-refractivity contribution is -0.114. The number of nitrogens with one attached hydrogen (secondary N) is 1. The number of anilines is 2. The number of aromatic nitrogens is 1. The van der Waals surface area contributed by atoms with Crippen molar-refractivity contribution < 1.29 is 13.2 Å². The van der Waals surface area contributed by atoms with Crippen LogP contribution in [0.3, 0.4) is 0 Å². The maximum atomic E-state index is 12.8. The Hall–Kier alpha value is -3.19. The lowest BCUT2D eigenvalue weighted by Gasteiger charge is -2.24. The Balaban J connectivity index is 1.95. The molecule has 0 aliphatic heterocycles. The van der Waals surface area contributed by atoms with Gasteiger partial charge in [0.25, 0.3) is 0 Å². The second kappa shape index (κ2) is 8.87. The summed E-state index contributed by atoms with van der Waals surface area (Å²) in [5.74, 6) is -0.126. The molecule has 0 atom stereocenters. The molecule has 0 aliphatic carbocycles. The minimum absolute atomic E-state index is 0.00288. The van der Waals surface area contributed by atoms with Crippen molar-refractivity contribution in [3.05, 3.63) is 78.6 Å². The molecule has 29 heavy (non-hydrogen) atoms. The van der Waals surface area contributed by atoms with Crippen molar-refractivity contribution >= 4 is 27.3 Å². The van der Waals surface area contributed by atoms with Crippen molar-refractivity contribution in [3.63, 3.8) is 0 Å². The van der Waals surface area contributed by atoms with E-state index in [0.717, 1.165) is 16.7 Å². The third kappa shape index (κ3) is 5.20. The molecule has 0 saturated heterocycles. The number of benzene rings is 2. The Morgan fingerprint density at radius 2 is 1.79 bits per heavy atom. The molecule has 3 aromatic rings. The molecule has 0 saturated carbocycles. The molecule has 150 valence electrons. The molecule has 0 aliphatic rings. The molecule has 0 unspecified atom stereocenters. The maximum Gasteiger partial charge on any atom is 0.235 e. The zero-order valence-corrected chi connectivity index (χ0v) is 17.2. The monoisotopic (exact) mass is 409 g/mol. The Labute approximate surface area is 171 Å². The van der Waals surface area contributed by atoms with Gasteiger partial charge in [-0.2, -0.15) is 0 Å². The van der Waals surface area contributed by atoms with E-state index < -0.39 is 10.0 Å². The van der Waals surface area contributed by atoms with Crippen LogP contribution in [0.4, 0.5) is 11.4 Å². The van der Waals surface area contributed by atoms with Crippen molar-refractivity contribution in [2.45, 2.75) is 20.4 Å². The normalized spacial score (nSPS) is 11.1. The quantitative estimate of drug-likeness (QED) is 0.638. The summed E-state index contributed by atoms with van der Waals surface area (Å²) in [6.45, 7) is 3.31. The molecule has 0 bridgehead atoms. The van der Waals surface area contributed by atoms with Gasteiger partial charge in [0.1, 0.15) is 0 Å². The summed E-state index contributed by atoms with van der Waals surface area (Å²) in [6, 6.07) is 18.5. The van der Waals surface area contributed by atoms with Crippen LogP contribution in [0.25, 0.3) is 11.1 Å². The van der Waals surface area contributed by atoms with Gasteiger partial charge in [0, 0.05) is 25.0 Å². The Morgan fingerprint density at radius 1 is 1.03 bits per heavy atom. The zero-order valence-electron chi connectivity index (χ0n) is 16.4. The lowest BCUT2D eigenvalue weighted by atomic mass is 10.0. The van der Waals surface area contributed by atoms with E-state index in [1.807, 2.05) is 48.5 Å². The molecular weight excluding hydrogens is 386 g/mol. The van der Waals surface area contributed by atoms with Gasteiger partial charge in [-0.05, 0) is 53.9 Å². The van der Waals surface area contributed by atoms with Crippen LogP contribution in [0.1, 0.15) is 19.4 Å². The van der Waals surface area contributed by atoms with E-state index in [0.29, 0.717) is 11.4 Å². The first kappa shape index (κ1) is 20.5. The second-order valence-corrected chi connectivity index (χ2v) is 8.76. The summed E-state index contributed by atoms with van der Waals surface area (Å²) in [7, 11) is -3.47. The van der Waals surface area contributed by atoms with Gasteiger partial charge in [-0.15, -0.1) is 0 Å². The average Bonchev–Trinajstić information content (AvgIpc) is 2.73. The van der Waals surface area contributed by atoms with Crippen molar-refractivity contribution in [1.29, 1.82) is 0 Å². The van der Waals surface area contributed by atoms with Gasteiger partial charge in [-0.25, -0.2) is 8.42 Å². The van der Waals surface area contributed by atoms with Crippen molar-refractivity contribution in [1.82, 2.24) is 4.98 Å². The number of pyridine rings is 1. The predicted molar refractivity (Wildman–Crippen MR) is 116 cm³/mol. The maximum absolute atomic E-state index is 12.8. The summed E-state index contributed by atoms with van der Waals surface area (Å²) in [5, 5.41) is 2.74. The van der Waals surface area contributed by atoms with Crippen LogP contribution >= 0.6 is 0 Å². The highest BCUT2D eigenvalue weighted by atomic mass is 32.2. The molecule has 0 fully saturated rings. The van der Waals surface area contributed by atoms with Crippen LogP contribution in [0, 0.1) is 0 Å². The second-order valence-electron chi connectivity index (χ2n) is 6.58. The summed E-state index contributed by atoms with van der Waals surface area (Å²) >= 11 is 0. The number of hydrogen-bond donors (Lipinski definition) is 1. The molecule has 1 aromatic heterocycles. The third-order valence-corrected chi connectivity index (χ3v) is 6.16. The number of amides is 1. The van der Waals surface area contributed by atoms with E-state index in [1.165, 1.54) is 11.2 Å². The van der Waals surface area contributed by atoms with Crippen molar-refractivity contribution in [2.24, 2.45) is 0 Å². The smallest absolute Gasteiger partial charge is 0.235 e. The number of sulfonamides is 1. The van der Waals surface area contributed by atoms with E-state index >= 15 is 0 Å². The van der Waals surface area contributed by atoms with Gasteiger partial charge in [-0.1, -0.05) is 30.3 Å². The molecular formula is C22H23N3O3S. The minimum atomic E-state index is -3.47. The molecule has 1 N–H and O–H groups in total. The van der Waals surface area contributed by atoms with Crippen LogP contribution in [0.15, 0.2) is 73.1 Å². The summed E-state index contributed by atoms with van der Waals surface area (Å²) < 4.78 is 26.9. The van der Waals surface area contributed by atoms with Gasteiger partial charge in [-0.3, -0.25) is 14.1 Å². The molecule has 7 heteroatoms. The highest BCUT2D eigenvalue weighted by Crippen LogP contribution is 2.28. The molecule has 1 amide bonds. The first-order valence-electron chi connectivity index (χ1n) is 9.26. The average molecular weight is 410 g/mol. The number of rotatable bonds is 7. The molecule has 2 aromatic carbocycles. The third-order valence-electron chi connectivity index (χ3n) is 4.42. The Bertz CT molecular complexity index is 1080. The molecule has 0 spiro atoms. The number of carbonyl (C=O) groups excluding carboxylic acids is 1. The van der Waals surface area contributed by atoms with Crippen LogP contribution in [0.5, 0.6) is 0 Å². The number of nitrogens with zero attached hydrogens (tertiary/aromatic N) is 2. The Kier molecular flexibility index (Phi) is 6.29. The molecule has 3 rings (SSSR count). The van der Waals surface area contributed by atoms with E-state index in [-0.39, 0.29) is 18.2 Å². The first-order valence-corrected chi connectivity index (χ1v) is 10.9. The highest BCUT2D eigenvalue weighted by Gasteiger charge is 2.21. The van der Waals surface area contributed by atoms with Crippen LogP contribution in [-0.2, 0) is 21.4 Å². The van der Waals surface area contributed by atoms with Crippen molar-refractivity contribution in [3.8, 4) is 11.1 Å². The fraction of sp³-hybridized carbons (Fsp3) is 0.182. The van der Waals surface area contributed by atoms with Crippen LogP contribution < -0.4 is 9.62 Å². The van der Waals surface area contributed by atoms with Gasteiger partial charge in [0.05, 0.1) is 18.0 Å². The summed E-state index contributed by atoms with van der Waals surface area (Å²) in [5.41, 5.74) is 3.94. The highest BCUT2D eigenvalue weighted by molar-refractivity contribution is 7.92. The van der Waals surface area contributed by atoms with E-state index in [9.17, 15) is 13.2 Å². The number of carbonyl (C=O) groups is 1. The van der Waals surface area contributed by atoms with Gasteiger partial charge in [0.2, 0.25) is 15.9 Å². The fourth-order valence-electron chi connectivity index (χ4n) is 2.95. The topological polar surface area (TPSA) is 79.4 Å². The van der Waals surface area contributed by atoms with Crippen LogP contribution in [0.2, 0.25) is 0 Å². The standard InChI is InChI=1S/C22H23N3O3S/c1-3-29(27,28)25(16-18-6-5-13-23-15-18)22-8-4-7-20(14-22)19-9-11-21(12-10-19)24-17(2)26/h4-15H,3,16H2,1-2H3,(H,24,26). The largest absolute Gasteiger partial charge is 0.326 e. The minimum Gasteiger partial charge on any atom is -0.326 e. The van der Waals surface area contributed by atoms with Gasteiger partial charge in [0.15, 0.2) is 0 Å². The van der Waals surface area contributed by atoms with Crippen molar-refractivity contribution in [2.75, 3.05) is 15.4 Å². The Morgan fingerprint density at radius 3 is 2.41 bits per heavy atom. The molecule has 1 heterocycles. The molecule has 0 radical (unpaired) electrons. The van der Waals surface area contributed by atoms with Crippen LogP contribution in [-0.4, -0.2) is 25.1 Å². The first-order chi connectivity index (χ1) is 13.9. The lowest BCUT2D eigenvalue weighted by Crippen LogP contribution is -2.31. The fourth-order valence-corrected chi connectivity index (χ4v) is 4.05. The molecule has 6 nitrogen and oxygen atoms in total. The number of hydrogen-bond acceptors (Lipinski definition) is 4. The van der Waals surface area contributed by atoms with Gasteiger partial charge >= 0.3 is 0 Å². The summed E-state index contributed by atoms with van der Waals surface area (Å²) in [6.07, 6.45) is 3.33. The summed E-state index contributed by atoms with van der Waals surface area (Å²) in [4.78, 5) is 15.3. The predicted octanol–water partition coefficient (Wildman–Crippen LogP) is 4.06. The zero-order chi connectivity index (χ0) is 20.9. The van der Waals surface area contributed by atoms with E-state index in [4.69, 9.17) is 0 Å². The van der Waals surface area contributed by atoms with Gasteiger partial charge < -0.3 is 5.32 Å².